The Hall–Kier alpha value is -1.35. The number of hydrogen-bond acceptors (Lipinski definition) is 2. The second-order valence-corrected chi connectivity index (χ2v) is 4.87. The Bertz CT molecular complexity index is 390. The molecular formula is C14H19NO2. The van der Waals surface area contributed by atoms with Crippen molar-refractivity contribution in [3.8, 4) is 0 Å². The van der Waals surface area contributed by atoms with Crippen molar-refractivity contribution in [1.29, 1.82) is 0 Å². The molecule has 1 aliphatic heterocycles. The fourth-order valence-electron chi connectivity index (χ4n) is 2.72. The van der Waals surface area contributed by atoms with E-state index in [2.05, 4.69) is 24.0 Å². The highest BCUT2D eigenvalue weighted by Gasteiger charge is 2.39. The minimum Gasteiger partial charge on any atom is -0.480 e. The molecule has 2 rings (SSSR count). The highest BCUT2D eigenvalue weighted by molar-refractivity contribution is 5.74. The van der Waals surface area contributed by atoms with Crippen LogP contribution in [0.2, 0.25) is 0 Å². The quantitative estimate of drug-likeness (QED) is 0.872. The first-order chi connectivity index (χ1) is 8.11. The van der Waals surface area contributed by atoms with E-state index in [1.54, 1.807) is 0 Å². The number of aliphatic carboxylic acids is 1. The molecule has 3 atom stereocenters. The van der Waals surface area contributed by atoms with Gasteiger partial charge < -0.3 is 5.11 Å². The zero-order valence-corrected chi connectivity index (χ0v) is 10.3. The van der Waals surface area contributed by atoms with Crippen molar-refractivity contribution in [1.82, 2.24) is 4.90 Å². The minimum atomic E-state index is -0.696. The SMILES string of the molecule is CC(c1ccccc1)N1CC[C@H](C)[C@@H]1C(=O)O. The van der Waals surface area contributed by atoms with Crippen LogP contribution in [0.4, 0.5) is 0 Å². The Morgan fingerprint density at radius 2 is 2.06 bits per heavy atom. The molecule has 1 aromatic carbocycles. The molecule has 1 fully saturated rings. The number of nitrogens with zero attached hydrogens (tertiary/aromatic N) is 1. The number of benzene rings is 1. The van der Waals surface area contributed by atoms with Crippen molar-refractivity contribution in [3.63, 3.8) is 0 Å². The lowest BCUT2D eigenvalue weighted by Gasteiger charge is -2.29. The second-order valence-electron chi connectivity index (χ2n) is 4.87. The maximum Gasteiger partial charge on any atom is 0.321 e. The Morgan fingerprint density at radius 1 is 1.41 bits per heavy atom. The lowest BCUT2D eigenvalue weighted by molar-refractivity contribution is -0.144. The molecule has 1 aromatic rings. The van der Waals surface area contributed by atoms with Crippen LogP contribution in [0.25, 0.3) is 0 Å². The summed E-state index contributed by atoms with van der Waals surface area (Å²) in [6.45, 7) is 4.98. The largest absolute Gasteiger partial charge is 0.480 e. The zero-order valence-electron chi connectivity index (χ0n) is 10.3. The van der Waals surface area contributed by atoms with Crippen LogP contribution in [-0.2, 0) is 4.79 Å². The van der Waals surface area contributed by atoms with Gasteiger partial charge in [-0.15, -0.1) is 0 Å². The zero-order chi connectivity index (χ0) is 12.4. The number of carbonyl (C=O) groups is 1. The van der Waals surface area contributed by atoms with Crippen LogP contribution >= 0.6 is 0 Å². The molecule has 92 valence electrons. The van der Waals surface area contributed by atoms with Crippen LogP contribution in [0.5, 0.6) is 0 Å². The van der Waals surface area contributed by atoms with Crippen LogP contribution < -0.4 is 0 Å². The third-order valence-electron chi connectivity index (χ3n) is 3.77. The molecule has 0 saturated carbocycles. The first-order valence-electron chi connectivity index (χ1n) is 6.14. The topological polar surface area (TPSA) is 40.5 Å². The van der Waals surface area contributed by atoms with E-state index in [9.17, 15) is 9.90 Å². The number of carboxylic acids is 1. The van der Waals surface area contributed by atoms with Crippen molar-refractivity contribution in [3.05, 3.63) is 35.9 Å². The maximum absolute atomic E-state index is 11.3. The predicted octanol–water partition coefficient (Wildman–Crippen LogP) is 2.54. The molecule has 0 aromatic heterocycles. The fraction of sp³-hybridized carbons (Fsp3) is 0.500. The lowest BCUT2D eigenvalue weighted by Crippen LogP contribution is -2.40. The summed E-state index contributed by atoms with van der Waals surface area (Å²) in [7, 11) is 0. The van der Waals surface area contributed by atoms with Gasteiger partial charge in [0.2, 0.25) is 0 Å². The molecule has 1 unspecified atom stereocenters. The Labute approximate surface area is 102 Å². The summed E-state index contributed by atoms with van der Waals surface area (Å²) in [5.41, 5.74) is 1.19. The van der Waals surface area contributed by atoms with Gasteiger partial charge in [0, 0.05) is 6.04 Å². The van der Waals surface area contributed by atoms with E-state index in [0.29, 0.717) is 0 Å². The van der Waals surface area contributed by atoms with Crippen LogP contribution in [0, 0.1) is 5.92 Å². The first kappa shape index (κ1) is 12.1. The van der Waals surface area contributed by atoms with Gasteiger partial charge in [-0.1, -0.05) is 37.3 Å². The molecule has 0 amide bonds. The van der Waals surface area contributed by atoms with Gasteiger partial charge >= 0.3 is 5.97 Å². The van der Waals surface area contributed by atoms with E-state index in [4.69, 9.17) is 0 Å². The third kappa shape index (κ3) is 2.34. The summed E-state index contributed by atoms with van der Waals surface area (Å²) in [4.78, 5) is 13.4. The maximum atomic E-state index is 11.3. The van der Waals surface area contributed by atoms with E-state index < -0.39 is 5.97 Å². The molecule has 17 heavy (non-hydrogen) atoms. The number of hydrogen-bond donors (Lipinski definition) is 1. The molecule has 1 N–H and O–H groups in total. The van der Waals surface area contributed by atoms with Gasteiger partial charge in [0.15, 0.2) is 0 Å². The number of carboxylic acid groups (broad SMARTS) is 1. The van der Waals surface area contributed by atoms with Crippen molar-refractivity contribution in [2.45, 2.75) is 32.4 Å². The molecule has 0 radical (unpaired) electrons. The molecule has 1 heterocycles. The summed E-state index contributed by atoms with van der Waals surface area (Å²) >= 11 is 0. The molecule has 3 nitrogen and oxygen atoms in total. The predicted molar refractivity (Wildman–Crippen MR) is 66.8 cm³/mol. The highest BCUT2D eigenvalue weighted by Crippen LogP contribution is 2.32. The van der Waals surface area contributed by atoms with Crippen molar-refractivity contribution in [2.75, 3.05) is 6.54 Å². The summed E-state index contributed by atoms with van der Waals surface area (Å²) < 4.78 is 0. The summed E-state index contributed by atoms with van der Waals surface area (Å²) in [6, 6.07) is 9.94. The van der Waals surface area contributed by atoms with Gasteiger partial charge in [0.05, 0.1) is 0 Å². The number of likely N-dealkylation sites (tertiary alicyclic amines) is 1. The lowest BCUT2D eigenvalue weighted by atomic mass is 10.0. The highest BCUT2D eigenvalue weighted by atomic mass is 16.4. The molecule has 1 saturated heterocycles. The summed E-state index contributed by atoms with van der Waals surface area (Å²) in [5.74, 6) is -0.462. The van der Waals surface area contributed by atoms with Crippen molar-refractivity contribution in [2.24, 2.45) is 5.92 Å². The van der Waals surface area contributed by atoms with Crippen LogP contribution in [-0.4, -0.2) is 28.6 Å². The van der Waals surface area contributed by atoms with E-state index in [-0.39, 0.29) is 18.0 Å². The average molecular weight is 233 g/mol. The molecule has 0 spiro atoms. The Kier molecular flexibility index (Phi) is 3.48. The average Bonchev–Trinajstić information content (AvgIpc) is 2.71. The molecular weight excluding hydrogens is 214 g/mol. The molecule has 1 aliphatic rings. The number of rotatable bonds is 3. The first-order valence-corrected chi connectivity index (χ1v) is 6.14. The minimum absolute atomic E-state index is 0.169. The smallest absolute Gasteiger partial charge is 0.321 e. The van der Waals surface area contributed by atoms with Gasteiger partial charge in [-0.2, -0.15) is 0 Å². The Balaban J connectivity index is 2.20. The fourth-order valence-corrected chi connectivity index (χ4v) is 2.72. The molecule has 3 heteroatoms. The van der Waals surface area contributed by atoms with Crippen LogP contribution in [0.15, 0.2) is 30.3 Å². The van der Waals surface area contributed by atoms with E-state index in [1.807, 2.05) is 25.1 Å². The van der Waals surface area contributed by atoms with Gasteiger partial charge in [0.25, 0.3) is 0 Å². The molecule has 0 bridgehead atoms. The van der Waals surface area contributed by atoms with E-state index in [0.717, 1.165) is 13.0 Å². The van der Waals surface area contributed by atoms with Crippen molar-refractivity contribution < 1.29 is 9.90 Å². The van der Waals surface area contributed by atoms with Crippen LogP contribution in [0.3, 0.4) is 0 Å². The van der Waals surface area contributed by atoms with E-state index in [1.165, 1.54) is 5.56 Å². The third-order valence-corrected chi connectivity index (χ3v) is 3.77. The van der Waals surface area contributed by atoms with E-state index >= 15 is 0 Å². The van der Waals surface area contributed by atoms with Crippen LogP contribution in [0.1, 0.15) is 31.9 Å². The monoisotopic (exact) mass is 233 g/mol. The summed E-state index contributed by atoms with van der Waals surface area (Å²) in [6.07, 6.45) is 0.966. The molecule has 0 aliphatic carbocycles. The van der Waals surface area contributed by atoms with Gasteiger partial charge in [-0.3, -0.25) is 9.69 Å². The summed E-state index contributed by atoms with van der Waals surface area (Å²) in [5, 5.41) is 9.31. The standard InChI is InChI=1S/C14H19NO2/c1-10-8-9-15(13(10)14(16)17)11(2)12-6-4-3-5-7-12/h3-7,10-11,13H,8-9H2,1-2H3,(H,16,17)/t10-,11?,13+/m0/s1. The van der Waals surface area contributed by atoms with Gasteiger partial charge in [-0.05, 0) is 31.4 Å². The van der Waals surface area contributed by atoms with Gasteiger partial charge in [-0.25, -0.2) is 0 Å². The second kappa shape index (κ2) is 4.88. The normalized spacial score (nSPS) is 26.9. The van der Waals surface area contributed by atoms with Gasteiger partial charge in [0.1, 0.15) is 6.04 Å². The van der Waals surface area contributed by atoms with Crippen molar-refractivity contribution >= 4 is 5.97 Å². The Morgan fingerprint density at radius 3 is 2.65 bits per heavy atom.